The van der Waals surface area contributed by atoms with Crippen molar-refractivity contribution in [1.82, 2.24) is 0 Å². The minimum atomic E-state index is -3.98. The smallest absolute Gasteiger partial charge is 0.247 e. The average Bonchev–Trinajstić information content (AvgIpc) is 2.83. The van der Waals surface area contributed by atoms with Crippen molar-refractivity contribution in [2.45, 2.75) is 21.4 Å². The Hall–Kier alpha value is -0.560. The van der Waals surface area contributed by atoms with E-state index in [-0.39, 0.29) is 20.8 Å². The first kappa shape index (κ1) is 19.5. The van der Waals surface area contributed by atoms with Crippen molar-refractivity contribution in [2.24, 2.45) is 5.14 Å². The van der Waals surface area contributed by atoms with E-state index in [2.05, 4.69) is 0 Å². The van der Waals surface area contributed by atoms with Crippen LogP contribution in [0.15, 0.2) is 14.5 Å². The molecule has 0 amide bonds. The van der Waals surface area contributed by atoms with Gasteiger partial charge in [-0.2, -0.15) is 0 Å². The zero-order valence-electron chi connectivity index (χ0n) is 12.4. The molecule has 1 heterocycles. The highest BCUT2D eigenvalue weighted by molar-refractivity contribution is 7.94. The largest absolute Gasteiger partial charge is 0.382 e. The molecule has 2 N–H and O–H groups in total. The molecule has 22 heavy (non-hydrogen) atoms. The first-order valence-electron chi connectivity index (χ1n) is 6.12. The summed E-state index contributed by atoms with van der Waals surface area (Å²) < 4.78 is 61.3. The van der Waals surface area contributed by atoms with Gasteiger partial charge in [0, 0.05) is 18.9 Å². The van der Waals surface area contributed by atoms with Crippen LogP contribution in [0.2, 0.25) is 0 Å². The summed E-state index contributed by atoms with van der Waals surface area (Å²) in [6.07, 6.45) is 0.330. The molecule has 1 rings (SSSR count). The van der Waals surface area contributed by atoms with Crippen LogP contribution >= 0.6 is 11.3 Å². The molecule has 11 heteroatoms. The Labute approximate surface area is 134 Å². The molecule has 0 aliphatic heterocycles. The molecule has 1 aromatic heterocycles. The third-order valence-electron chi connectivity index (χ3n) is 2.59. The van der Waals surface area contributed by atoms with E-state index in [1.165, 1.54) is 13.2 Å². The maximum Gasteiger partial charge on any atom is 0.247 e. The number of rotatable bonds is 9. The Morgan fingerprint density at radius 1 is 1.27 bits per heavy atom. The number of ether oxygens (including phenoxy) is 3. The number of primary sulfonamides is 1. The molecular formula is C11H19NO7S3. The van der Waals surface area contributed by atoms with Crippen molar-refractivity contribution in [3.63, 3.8) is 0 Å². The summed E-state index contributed by atoms with van der Waals surface area (Å²) in [7, 11) is -6.05. The number of thiophene rings is 1. The highest BCUT2D eigenvalue weighted by atomic mass is 32.3. The normalized spacial score (nSPS) is 14.2. The molecule has 8 nitrogen and oxygen atoms in total. The van der Waals surface area contributed by atoms with E-state index in [4.69, 9.17) is 19.3 Å². The van der Waals surface area contributed by atoms with E-state index in [9.17, 15) is 16.8 Å². The minimum absolute atomic E-state index is 0.0751. The first-order valence-corrected chi connectivity index (χ1v) is 10.4. The Morgan fingerprint density at radius 2 is 1.91 bits per heavy atom. The van der Waals surface area contributed by atoms with E-state index in [1.807, 2.05) is 0 Å². The second kappa shape index (κ2) is 7.81. The molecule has 0 radical (unpaired) electrons. The van der Waals surface area contributed by atoms with Crippen molar-refractivity contribution in [2.75, 3.05) is 33.4 Å². The van der Waals surface area contributed by atoms with Crippen LogP contribution in [0.4, 0.5) is 0 Å². The fourth-order valence-corrected chi connectivity index (χ4v) is 4.92. The molecule has 0 aliphatic rings. The lowest BCUT2D eigenvalue weighted by molar-refractivity contribution is -0.0943. The van der Waals surface area contributed by atoms with Crippen LogP contribution in [-0.4, -0.2) is 50.2 Å². The van der Waals surface area contributed by atoms with Crippen LogP contribution in [0.5, 0.6) is 0 Å². The van der Waals surface area contributed by atoms with Gasteiger partial charge in [-0.15, -0.1) is 11.3 Å². The fourth-order valence-electron chi connectivity index (χ4n) is 1.52. The van der Waals surface area contributed by atoms with Crippen molar-refractivity contribution in [1.29, 1.82) is 0 Å². The topological polar surface area (TPSA) is 122 Å². The molecule has 128 valence electrons. The monoisotopic (exact) mass is 373 g/mol. The van der Waals surface area contributed by atoms with Crippen LogP contribution in [0.3, 0.4) is 0 Å². The molecule has 0 saturated carbocycles. The second-order valence-corrected chi connectivity index (χ2v) is 9.50. The van der Waals surface area contributed by atoms with Crippen molar-refractivity contribution in [3.8, 4) is 0 Å². The highest BCUT2D eigenvalue weighted by Gasteiger charge is 2.26. The lowest BCUT2D eigenvalue weighted by atomic mass is 10.2. The van der Waals surface area contributed by atoms with Gasteiger partial charge in [-0.3, -0.25) is 0 Å². The standard InChI is InChI=1S/C11H19NO7S3/c1-8(19-7-18-5-4-17-2)9-6-10(22(12,15)16)20-11(9)21(3,13)14/h6,8H,4-5,7H2,1-3H3,(H2,12,15,16). The van der Waals surface area contributed by atoms with Crippen LogP contribution in [-0.2, 0) is 34.1 Å². The van der Waals surface area contributed by atoms with Gasteiger partial charge < -0.3 is 14.2 Å². The maximum absolute atomic E-state index is 11.8. The summed E-state index contributed by atoms with van der Waals surface area (Å²) in [5.41, 5.74) is 0.242. The van der Waals surface area contributed by atoms with Crippen LogP contribution in [0.1, 0.15) is 18.6 Å². The molecule has 0 fully saturated rings. The van der Waals surface area contributed by atoms with E-state index < -0.39 is 26.0 Å². The van der Waals surface area contributed by atoms with Gasteiger partial charge in [-0.25, -0.2) is 22.0 Å². The minimum Gasteiger partial charge on any atom is -0.382 e. The maximum atomic E-state index is 11.8. The van der Waals surface area contributed by atoms with Gasteiger partial charge in [0.2, 0.25) is 10.0 Å². The molecule has 0 aromatic carbocycles. The Morgan fingerprint density at radius 3 is 2.41 bits per heavy atom. The van der Waals surface area contributed by atoms with Gasteiger partial charge in [-0.05, 0) is 13.0 Å². The van der Waals surface area contributed by atoms with Gasteiger partial charge in [0.05, 0.1) is 19.3 Å². The molecule has 0 saturated heterocycles. The highest BCUT2D eigenvalue weighted by Crippen LogP contribution is 2.34. The fraction of sp³-hybridized carbons (Fsp3) is 0.636. The number of nitrogens with two attached hydrogens (primary N) is 1. The van der Waals surface area contributed by atoms with Crippen molar-refractivity contribution >= 4 is 31.2 Å². The molecule has 0 spiro atoms. The predicted octanol–water partition coefficient (Wildman–Crippen LogP) is 0.497. The van der Waals surface area contributed by atoms with E-state index in [0.29, 0.717) is 24.6 Å². The molecule has 0 aliphatic carbocycles. The molecule has 1 atom stereocenters. The molecular weight excluding hydrogens is 354 g/mol. The summed E-state index contributed by atoms with van der Waals surface area (Å²) in [5, 5.41) is 5.05. The average molecular weight is 373 g/mol. The van der Waals surface area contributed by atoms with Gasteiger partial charge >= 0.3 is 0 Å². The zero-order chi connectivity index (χ0) is 17.0. The predicted molar refractivity (Wildman–Crippen MR) is 81.0 cm³/mol. The van der Waals surface area contributed by atoms with Crippen LogP contribution in [0.25, 0.3) is 0 Å². The van der Waals surface area contributed by atoms with Crippen molar-refractivity contribution < 1.29 is 31.0 Å². The lowest BCUT2D eigenvalue weighted by Crippen LogP contribution is -2.11. The second-order valence-electron chi connectivity index (χ2n) is 4.45. The van der Waals surface area contributed by atoms with Gasteiger partial charge in [0.25, 0.3) is 0 Å². The summed E-state index contributed by atoms with van der Waals surface area (Å²) in [4.78, 5) is 0. The summed E-state index contributed by atoms with van der Waals surface area (Å²) in [6.45, 7) is 2.26. The molecule has 0 bridgehead atoms. The quantitative estimate of drug-likeness (QED) is 0.494. The number of sulfone groups is 1. The number of hydrogen-bond donors (Lipinski definition) is 1. The number of methoxy groups -OCH3 is 1. The van der Waals surface area contributed by atoms with Gasteiger partial charge in [0.15, 0.2) is 9.84 Å². The van der Waals surface area contributed by atoms with Gasteiger partial charge in [0.1, 0.15) is 15.2 Å². The molecule has 1 aromatic rings. The summed E-state index contributed by atoms with van der Waals surface area (Å²) in [6, 6.07) is 1.22. The lowest BCUT2D eigenvalue weighted by Gasteiger charge is -2.13. The summed E-state index contributed by atoms with van der Waals surface area (Å²) >= 11 is 0.607. The number of hydrogen-bond acceptors (Lipinski definition) is 8. The van der Waals surface area contributed by atoms with E-state index >= 15 is 0 Å². The summed E-state index contributed by atoms with van der Waals surface area (Å²) in [5.74, 6) is 0. The van der Waals surface area contributed by atoms with Crippen molar-refractivity contribution in [3.05, 3.63) is 11.6 Å². The zero-order valence-corrected chi connectivity index (χ0v) is 14.9. The molecule has 1 unspecified atom stereocenters. The first-order chi connectivity index (χ1) is 10.1. The SMILES string of the molecule is COCCOCOC(C)c1cc(S(N)(=O)=O)sc1S(C)(=O)=O. The Balaban J connectivity index is 2.95. The van der Waals surface area contributed by atoms with Crippen LogP contribution in [0, 0.1) is 0 Å². The van der Waals surface area contributed by atoms with Crippen LogP contribution < -0.4 is 5.14 Å². The third-order valence-corrected chi connectivity index (χ3v) is 7.02. The number of sulfonamides is 1. The van der Waals surface area contributed by atoms with Gasteiger partial charge in [-0.1, -0.05) is 0 Å². The Bertz CT molecular complexity index is 693. The Kier molecular flexibility index (Phi) is 6.92. The third kappa shape index (κ3) is 5.57. The van der Waals surface area contributed by atoms with E-state index in [0.717, 1.165) is 6.26 Å². The van der Waals surface area contributed by atoms with E-state index in [1.54, 1.807) is 6.92 Å².